The number of nitrogens with zero attached hydrogens (tertiary/aromatic N) is 3. The number of non-ortho nitro benzene ring substituents is 1. The number of aliphatic hydroxyl groups excluding tert-OH is 1. The number of amides is 2. The van der Waals surface area contributed by atoms with Gasteiger partial charge < -0.3 is 20.2 Å². The number of piperazine rings is 1. The molecule has 0 bridgehead atoms. The van der Waals surface area contributed by atoms with E-state index in [0.29, 0.717) is 26.2 Å². The lowest BCUT2D eigenvalue weighted by Crippen LogP contribution is -2.57. The van der Waals surface area contributed by atoms with Crippen molar-refractivity contribution in [1.82, 2.24) is 10.2 Å². The highest BCUT2D eigenvalue weighted by molar-refractivity contribution is 5.95. The molecule has 32 heavy (non-hydrogen) atoms. The van der Waals surface area contributed by atoms with E-state index in [4.69, 9.17) is 0 Å². The molecule has 1 aliphatic heterocycles. The van der Waals surface area contributed by atoms with Crippen LogP contribution in [0.25, 0.3) is 0 Å². The molecule has 9 heteroatoms. The van der Waals surface area contributed by atoms with Crippen LogP contribution in [-0.2, 0) is 15.0 Å². The number of carbonyl (C=O) groups is 2. The maximum Gasteiger partial charge on any atom is 0.269 e. The Bertz CT molecular complexity index is 983. The van der Waals surface area contributed by atoms with Crippen LogP contribution in [0.5, 0.6) is 0 Å². The van der Waals surface area contributed by atoms with Crippen LogP contribution in [0.1, 0.15) is 18.4 Å². The number of anilines is 1. The Hall–Kier alpha value is -3.46. The van der Waals surface area contributed by atoms with E-state index in [1.54, 1.807) is 17.0 Å². The first-order chi connectivity index (χ1) is 15.4. The quantitative estimate of drug-likeness (QED) is 0.499. The van der Waals surface area contributed by atoms with Crippen LogP contribution in [0.15, 0.2) is 54.6 Å². The minimum atomic E-state index is -0.977. The van der Waals surface area contributed by atoms with E-state index in [9.17, 15) is 24.8 Å². The van der Waals surface area contributed by atoms with Crippen LogP contribution in [-0.4, -0.2) is 65.6 Å². The summed E-state index contributed by atoms with van der Waals surface area (Å²) < 4.78 is 0. The lowest BCUT2D eigenvalue weighted by atomic mass is 9.94. The summed E-state index contributed by atoms with van der Waals surface area (Å²) >= 11 is 0. The molecule has 2 fully saturated rings. The minimum absolute atomic E-state index is 0.0352. The van der Waals surface area contributed by atoms with Crippen molar-refractivity contribution in [1.29, 1.82) is 0 Å². The molecule has 1 heterocycles. The van der Waals surface area contributed by atoms with Crippen LogP contribution in [0, 0.1) is 10.1 Å². The Morgan fingerprint density at radius 2 is 1.66 bits per heavy atom. The van der Waals surface area contributed by atoms with Crippen molar-refractivity contribution >= 4 is 23.2 Å². The lowest BCUT2D eigenvalue weighted by Gasteiger charge is -2.37. The van der Waals surface area contributed by atoms with Crippen LogP contribution in [0.4, 0.5) is 11.4 Å². The number of nitro benzene ring substituents is 1. The summed E-state index contributed by atoms with van der Waals surface area (Å²) in [4.78, 5) is 40.0. The number of carbonyl (C=O) groups excluding carboxylic acids is 2. The van der Waals surface area contributed by atoms with Gasteiger partial charge in [-0.1, -0.05) is 30.3 Å². The van der Waals surface area contributed by atoms with Crippen molar-refractivity contribution in [2.45, 2.75) is 24.3 Å². The molecule has 4 rings (SSSR count). The van der Waals surface area contributed by atoms with Gasteiger partial charge in [0.05, 0.1) is 16.9 Å². The smallest absolute Gasteiger partial charge is 0.269 e. The highest BCUT2D eigenvalue weighted by Crippen LogP contribution is 2.48. The predicted octanol–water partition coefficient (Wildman–Crippen LogP) is 1.45. The topological polar surface area (TPSA) is 116 Å². The first-order valence-corrected chi connectivity index (χ1v) is 10.7. The molecule has 1 aliphatic carbocycles. The Morgan fingerprint density at radius 1 is 1.03 bits per heavy atom. The third-order valence-electron chi connectivity index (χ3n) is 6.31. The van der Waals surface area contributed by atoms with Gasteiger partial charge in [-0.25, -0.2) is 0 Å². The van der Waals surface area contributed by atoms with Crippen molar-refractivity contribution in [3.05, 3.63) is 70.3 Å². The summed E-state index contributed by atoms with van der Waals surface area (Å²) in [5.41, 5.74) is 1.21. The molecule has 1 unspecified atom stereocenters. The number of nitrogens with one attached hydrogen (secondary N) is 1. The van der Waals surface area contributed by atoms with E-state index < -0.39 is 23.0 Å². The summed E-state index contributed by atoms with van der Waals surface area (Å²) in [7, 11) is 0. The third-order valence-corrected chi connectivity index (χ3v) is 6.31. The van der Waals surface area contributed by atoms with Gasteiger partial charge in [-0.15, -0.1) is 0 Å². The lowest BCUT2D eigenvalue weighted by molar-refractivity contribution is -0.384. The number of hydrogen-bond donors (Lipinski definition) is 2. The Kier molecular flexibility index (Phi) is 6.09. The molecule has 168 valence electrons. The zero-order chi connectivity index (χ0) is 22.7. The van der Waals surface area contributed by atoms with Gasteiger partial charge in [0, 0.05) is 44.0 Å². The number of hydrogen-bond acceptors (Lipinski definition) is 6. The summed E-state index contributed by atoms with van der Waals surface area (Å²) in [6, 6.07) is 14.9. The monoisotopic (exact) mass is 438 g/mol. The molecule has 1 atom stereocenters. The van der Waals surface area contributed by atoms with Crippen LogP contribution >= 0.6 is 0 Å². The second kappa shape index (κ2) is 8.96. The molecule has 2 aliphatic rings. The summed E-state index contributed by atoms with van der Waals surface area (Å²) in [5.74, 6) is -0.520. The van der Waals surface area contributed by atoms with E-state index in [1.165, 1.54) is 12.1 Å². The average molecular weight is 438 g/mol. The second-order valence-electron chi connectivity index (χ2n) is 8.24. The summed E-state index contributed by atoms with van der Waals surface area (Å²) in [6.07, 6.45) is 1.45. The van der Waals surface area contributed by atoms with Gasteiger partial charge >= 0.3 is 0 Å². The Balaban J connectivity index is 1.34. The number of nitro groups is 1. The van der Waals surface area contributed by atoms with Gasteiger partial charge in [0.15, 0.2) is 0 Å². The van der Waals surface area contributed by atoms with E-state index >= 15 is 0 Å². The van der Waals surface area contributed by atoms with Crippen molar-refractivity contribution in [2.24, 2.45) is 0 Å². The normalized spacial score (nSPS) is 18.0. The minimum Gasteiger partial charge on any atom is -0.394 e. The molecule has 2 amide bonds. The molecule has 0 aromatic heterocycles. The van der Waals surface area contributed by atoms with Crippen LogP contribution in [0.2, 0.25) is 0 Å². The fourth-order valence-electron chi connectivity index (χ4n) is 4.20. The van der Waals surface area contributed by atoms with Gasteiger partial charge in [0.2, 0.25) is 11.8 Å². The molecular formula is C23H26N4O5. The Morgan fingerprint density at radius 3 is 2.19 bits per heavy atom. The van der Waals surface area contributed by atoms with Crippen molar-refractivity contribution in [3.63, 3.8) is 0 Å². The van der Waals surface area contributed by atoms with Crippen molar-refractivity contribution < 1.29 is 19.6 Å². The maximum atomic E-state index is 13.0. The first-order valence-electron chi connectivity index (χ1n) is 10.7. The SMILES string of the molecule is O=C(C(CO)NC(=O)C1(c2ccccc2)CC1)N1CCN(c2ccc([N+](=O)[O-])cc2)CC1. The zero-order valence-electron chi connectivity index (χ0n) is 17.6. The van der Waals surface area contributed by atoms with Gasteiger partial charge in [0.25, 0.3) is 5.69 Å². The van der Waals surface area contributed by atoms with E-state index in [0.717, 1.165) is 24.1 Å². The summed E-state index contributed by atoms with van der Waals surface area (Å²) in [5, 5.41) is 23.4. The molecule has 2 N–H and O–H groups in total. The molecular weight excluding hydrogens is 412 g/mol. The molecule has 1 saturated carbocycles. The standard InChI is InChI=1S/C23H26N4O5/c28-16-20(24-22(30)23(10-11-23)17-4-2-1-3-5-17)21(29)26-14-12-25(13-15-26)18-6-8-19(9-7-18)27(31)32/h1-9,20,28H,10-16H2,(H,24,30). The van der Waals surface area contributed by atoms with Gasteiger partial charge in [-0.3, -0.25) is 19.7 Å². The predicted molar refractivity (Wildman–Crippen MR) is 118 cm³/mol. The molecule has 0 spiro atoms. The molecule has 9 nitrogen and oxygen atoms in total. The molecule has 0 radical (unpaired) electrons. The number of benzene rings is 2. The third kappa shape index (κ3) is 4.29. The maximum absolute atomic E-state index is 13.0. The second-order valence-corrected chi connectivity index (χ2v) is 8.24. The van der Waals surface area contributed by atoms with E-state index in [-0.39, 0.29) is 17.5 Å². The number of aliphatic hydroxyl groups is 1. The van der Waals surface area contributed by atoms with Gasteiger partial charge in [0.1, 0.15) is 6.04 Å². The van der Waals surface area contributed by atoms with Gasteiger partial charge in [-0.2, -0.15) is 0 Å². The van der Waals surface area contributed by atoms with Crippen LogP contribution < -0.4 is 10.2 Å². The molecule has 2 aromatic carbocycles. The first kappa shape index (κ1) is 21.8. The highest BCUT2D eigenvalue weighted by Gasteiger charge is 2.52. The van der Waals surface area contributed by atoms with Crippen LogP contribution in [0.3, 0.4) is 0 Å². The summed E-state index contributed by atoms with van der Waals surface area (Å²) in [6.45, 7) is 1.53. The Labute approximate surface area is 185 Å². The largest absolute Gasteiger partial charge is 0.394 e. The van der Waals surface area contributed by atoms with E-state index in [1.807, 2.05) is 30.3 Å². The van der Waals surface area contributed by atoms with E-state index in [2.05, 4.69) is 10.2 Å². The zero-order valence-corrected chi connectivity index (χ0v) is 17.6. The molecule has 2 aromatic rings. The number of rotatable bonds is 7. The fraction of sp³-hybridized carbons (Fsp3) is 0.391. The van der Waals surface area contributed by atoms with Crippen molar-refractivity contribution in [3.8, 4) is 0 Å². The average Bonchev–Trinajstić information content (AvgIpc) is 3.65. The molecule has 1 saturated heterocycles. The van der Waals surface area contributed by atoms with Crippen molar-refractivity contribution in [2.75, 3.05) is 37.7 Å². The fourth-order valence-corrected chi connectivity index (χ4v) is 4.20. The van der Waals surface area contributed by atoms with Gasteiger partial charge in [-0.05, 0) is 30.5 Å². The highest BCUT2D eigenvalue weighted by atomic mass is 16.6.